The van der Waals surface area contributed by atoms with E-state index in [1.165, 1.54) is 11.2 Å². The van der Waals surface area contributed by atoms with Gasteiger partial charge in [-0.3, -0.25) is 9.59 Å². The predicted octanol–water partition coefficient (Wildman–Crippen LogP) is 4.20. The van der Waals surface area contributed by atoms with Crippen molar-refractivity contribution in [3.05, 3.63) is 83.3 Å². The number of benzene rings is 2. The predicted molar refractivity (Wildman–Crippen MR) is 126 cm³/mol. The van der Waals surface area contributed by atoms with Gasteiger partial charge in [0.15, 0.2) is 5.76 Å². The Bertz CT molecular complexity index is 1120. The highest BCUT2D eigenvalue weighted by molar-refractivity contribution is 6.30. The van der Waals surface area contributed by atoms with Crippen LogP contribution in [0.2, 0.25) is 5.02 Å². The van der Waals surface area contributed by atoms with Crippen LogP contribution in [0.4, 0.5) is 16.2 Å². The molecule has 8 nitrogen and oxygen atoms in total. The molecule has 0 atom stereocenters. The summed E-state index contributed by atoms with van der Waals surface area (Å²) < 4.78 is 5.16. The lowest BCUT2D eigenvalue weighted by Gasteiger charge is -2.34. The number of hydrogen-bond donors (Lipinski definition) is 1. The number of piperazine rings is 1. The zero-order valence-corrected chi connectivity index (χ0v) is 18.8. The third kappa shape index (κ3) is 5.18. The minimum absolute atomic E-state index is 0.162. The maximum Gasteiger partial charge on any atom is 0.321 e. The summed E-state index contributed by atoms with van der Waals surface area (Å²) in [7, 11) is 1.69. The molecule has 1 aromatic heterocycles. The van der Waals surface area contributed by atoms with E-state index >= 15 is 0 Å². The average Bonchev–Trinajstić information content (AvgIpc) is 3.39. The Kier molecular flexibility index (Phi) is 6.65. The van der Waals surface area contributed by atoms with E-state index in [2.05, 4.69) is 5.32 Å². The van der Waals surface area contributed by atoms with Crippen LogP contribution in [-0.2, 0) is 0 Å². The van der Waals surface area contributed by atoms with Gasteiger partial charge >= 0.3 is 6.03 Å². The van der Waals surface area contributed by atoms with Gasteiger partial charge in [-0.15, -0.1) is 0 Å². The summed E-state index contributed by atoms with van der Waals surface area (Å²) in [5, 5.41) is 3.43. The van der Waals surface area contributed by atoms with Crippen LogP contribution >= 0.6 is 11.6 Å². The summed E-state index contributed by atoms with van der Waals surface area (Å²) in [6, 6.07) is 16.8. The van der Waals surface area contributed by atoms with Crippen molar-refractivity contribution >= 4 is 40.8 Å². The zero-order valence-electron chi connectivity index (χ0n) is 18.0. The van der Waals surface area contributed by atoms with Gasteiger partial charge in [-0.1, -0.05) is 11.6 Å². The van der Waals surface area contributed by atoms with Crippen LogP contribution in [0.1, 0.15) is 20.9 Å². The lowest BCUT2D eigenvalue weighted by molar-refractivity contribution is 0.0640. The minimum Gasteiger partial charge on any atom is -0.459 e. The first-order chi connectivity index (χ1) is 15.9. The number of halogens is 1. The molecule has 0 saturated carbocycles. The van der Waals surface area contributed by atoms with Crippen LogP contribution in [0.15, 0.2) is 71.3 Å². The first-order valence-electron chi connectivity index (χ1n) is 10.4. The average molecular weight is 467 g/mol. The number of anilines is 2. The van der Waals surface area contributed by atoms with Gasteiger partial charge in [0.1, 0.15) is 0 Å². The highest BCUT2D eigenvalue weighted by atomic mass is 35.5. The summed E-state index contributed by atoms with van der Waals surface area (Å²) in [6.45, 7) is 1.72. The number of urea groups is 1. The number of carbonyl (C=O) groups is 3. The van der Waals surface area contributed by atoms with Crippen molar-refractivity contribution in [1.29, 1.82) is 0 Å². The molecule has 1 saturated heterocycles. The van der Waals surface area contributed by atoms with Gasteiger partial charge in [-0.2, -0.15) is 0 Å². The summed E-state index contributed by atoms with van der Waals surface area (Å²) in [6.07, 6.45) is 1.47. The van der Waals surface area contributed by atoms with Crippen LogP contribution in [0, 0.1) is 0 Å². The number of nitrogens with one attached hydrogen (secondary N) is 1. The number of furan rings is 1. The summed E-state index contributed by atoms with van der Waals surface area (Å²) >= 11 is 5.89. The molecule has 0 aliphatic carbocycles. The van der Waals surface area contributed by atoms with E-state index in [1.807, 2.05) is 0 Å². The monoisotopic (exact) mass is 466 g/mol. The number of hydrogen-bond acceptors (Lipinski definition) is 4. The van der Waals surface area contributed by atoms with Crippen molar-refractivity contribution < 1.29 is 18.8 Å². The molecule has 1 N–H and O–H groups in total. The second-order valence-corrected chi connectivity index (χ2v) is 8.04. The van der Waals surface area contributed by atoms with Crippen molar-refractivity contribution in [3.63, 3.8) is 0 Å². The van der Waals surface area contributed by atoms with Crippen LogP contribution in [-0.4, -0.2) is 60.9 Å². The molecule has 1 aliphatic heterocycles. The fraction of sp³-hybridized carbons (Fsp3) is 0.208. The lowest BCUT2D eigenvalue weighted by Crippen LogP contribution is -2.51. The molecule has 9 heteroatoms. The van der Waals surface area contributed by atoms with Gasteiger partial charge in [0.25, 0.3) is 11.8 Å². The molecule has 3 aromatic rings. The Balaban J connectivity index is 1.30. The van der Waals surface area contributed by atoms with Gasteiger partial charge in [0, 0.05) is 55.2 Å². The zero-order chi connectivity index (χ0) is 23.4. The summed E-state index contributed by atoms with van der Waals surface area (Å²) in [4.78, 5) is 42.5. The van der Waals surface area contributed by atoms with Gasteiger partial charge in [-0.05, 0) is 60.7 Å². The van der Waals surface area contributed by atoms with Crippen LogP contribution < -0.4 is 10.2 Å². The Morgan fingerprint density at radius 3 is 2.15 bits per heavy atom. The molecule has 0 bridgehead atoms. The normalized spacial score (nSPS) is 13.5. The molecular weight excluding hydrogens is 444 g/mol. The largest absolute Gasteiger partial charge is 0.459 e. The maximum absolute atomic E-state index is 12.6. The fourth-order valence-corrected chi connectivity index (χ4v) is 3.67. The van der Waals surface area contributed by atoms with Gasteiger partial charge in [-0.25, -0.2) is 4.79 Å². The van der Waals surface area contributed by atoms with Gasteiger partial charge in [0.05, 0.1) is 6.26 Å². The van der Waals surface area contributed by atoms with Crippen LogP contribution in [0.5, 0.6) is 0 Å². The fourth-order valence-electron chi connectivity index (χ4n) is 3.54. The third-order valence-corrected chi connectivity index (χ3v) is 5.74. The van der Waals surface area contributed by atoms with Crippen molar-refractivity contribution in [2.45, 2.75) is 0 Å². The Labute approximate surface area is 196 Å². The molecule has 33 heavy (non-hydrogen) atoms. The number of nitrogens with zero attached hydrogens (tertiary/aromatic N) is 3. The minimum atomic E-state index is -0.238. The van der Waals surface area contributed by atoms with Crippen molar-refractivity contribution in [1.82, 2.24) is 9.80 Å². The van der Waals surface area contributed by atoms with E-state index in [-0.39, 0.29) is 17.8 Å². The number of carbonyl (C=O) groups excluding carboxylic acids is 3. The second-order valence-electron chi connectivity index (χ2n) is 7.60. The summed E-state index contributed by atoms with van der Waals surface area (Å²) in [5.74, 6) is -0.0363. The molecule has 4 rings (SSSR count). The Morgan fingerprint density at radius 2 is 1.55 bits per heavy atom. The van der Waals surface area contributed by atoms with Crippen molar-refractivity contribution in [2.24, 2.45) is 0 Å². The molecule has 2 heterocycles. The lowest BCUT2D eigenvalue weighted by atomic mass is 10.2. The molecule has 1 fully saturated rings. The van der Waals surface area contributed by atoms with E-state index in [0.29, 0.717) is 53.9 Å². The van der Waals surface area contributed by atoms with E-state index in [9.17, 15) is 14.4 Å². The third-order valence-electron chi connectivity index (χ3n) is 5.49. The Hall–Kier alpha value is -3.78. The van der Waals surface area contributed by atoms with E-state index < -0.39 is 0 Å². The summed E-state index contributed by atoms with van der Waals surface area (Å²) in [5.41, 5.74) is 1.84. The van der Waals surface area contributed by atoms with Gasteiger partial charge < -0.3 is 24.4 Å². The van der Waals surface area contributed by atoms with E-state index in [0.717, 1.165) is 0 Å². The molecule has 4 amide bonds. The first kappa shape index (κ1) is 22.4. The Morgan fingerprint density at radius 1 is 0.909 bits per heavy atom. The second kappa shape index (κ2) is 9.79. The smallest absolute Gasteiger partial charge is 0.321 e. The number of rotatable bonds is 4. The molecule has 0 spiro atoms. The number of amides is 4. The quantitative estimate of drug-likeness (QED) is 0.624. The molecule has 1 aliphatic rings. The molecule has 170 valence electrons. The molecule has 0 unspecified atom stereocenters. The van der Waals surface area contributed by atoms with Crippen LogP contribution in [0.25, 0.3) is 0 Å². The maximum atomic E-state index is 12.6. The van der Waals surface area contributed by atoms with E-state index in [4.69, 9.17) is 16.0 Å². The standard InChI is InChI=1S/C24H23ClN4O4/c1-27(22(30)17-4-6-18(25)7-5-17)20-10-8-19(9-11-20)26-24(32)29-14-12-28(13-15-29)23(31)21-3-2-16-33-21/h2-11,16H,12-15H2,1H3,(H,26,32). The van der Waals surface area contributed by atoms with Crippen molar-refractivity contribution in [2.75, 3.05) is 43.4 Å². The van der Waals surface area contributed by atoms with E-state index in [1.54, 1.807) is 77.5 Å². The van der Waals surface area contributed by atoms with Gasteiger partial charge in [0.2, 0.25) is 0 Å². The SMILES string of the molecule is CN(C(=O)c1ccc(Cl)cc1)c1ccc(NC(=O)N2CCN(C(=O)c3ccco3)CC2)cc1. The highest BCUT2D eigenvalue weighted by Gasteiger charge is 2.26. The highest BCUT2D eigenvalue weighted by Crippen LogP contribution is 2.20. The molecular formula is C24H23ClN4O4. The first-order valence-corrected chi connectivity index (χ1v) is 10.8. The molecule has 0 radical (unpaired) electrons. The topological polar surface area (TPSA) is 86.1 Å². The van der Waals surface area contributed by atoms with Crippen molar-refractivity contribution in [3.8, 4) is 0 Å². The molecule has 2 aromatic carbocycles. The van der Waals surface area contributed by atoms with Crippen LogP contribution in [0.3, 0.4) is 0 Å².